The highest BCUT2D eigenvalue weighted by Gasteiger charge is 2.39. The number of aryl methyl sites for hydroxylation is 2. The number of pyridine rings is 1. The highest BCUT2D eigenvalue weighted by Crippen LogP contribution is 2.42. The molecule has 1 fully saturated rings. The number of nitrogens with one attached hydrogen (secondary N) is 1. The van der Waals surface area contributed by atoms with Gasteiger partial charge in [0.2, 0.25) is 0 Å². The van der Waals surface area contributed by atoms with Crippen LogP contribution in [0.5, 0.6) is 5.75 Å². The first-order chi connectivity index (χ1) is 19.8. The zero-order valence-corrected chi connectivity index (χ0v) is 24.2. The van der Waals surface area contributed by atoms with Gasteiger partial charge in [-0.1, -0.05) is 67.6 Å². The molecule has 3 heterocycles. The van der Waals surface area contributed by atoms with Gasteiger partial charge in [-0.25, -0.2) is 4.98 Å². The summed E-state index contributed by atoms with van der Waals surface area (Å²) < 4.78 is 8.27. The minimum Gasteiger partial charge on any atom is -0.488 e. The van der Waals surface area contributed by atoms with Gasteiger partial charge in [0.25, 0.3) is 0 Å². The molecular weight excluding hydrogens is 514 g/mol. The Morgan fingerprint density at radius 1 is 1.05 bits per heavy atom. The molecule has 1 aliphatic heterocycles. The number of nitrogens with zero attached hydrogens (tertiary/aromatic N) is 4. The number of ether oxygens (including phenoxy) is 1. The molecule has 0 bridgehead atoms. The zero-order chi connectivity index (χ0) is 29.1. The SMILES string of the molecule is CCc1nc2c(cc1NC(O)c1ccccc1)c(OC(C)C)c(C(O)N1CCC(C#N)(c3ccccc3)CC1)n2C. The first-order valence-corrected chi connectivity index (χ1v) is 14.3. The molecule has 0 aliphatic carbocycles. The summed E-state index contributed by atoms with van der Waals surface area (Å²) in [6.07, 6.45) is -0.0640. The Morgan fingerprint density at radius 3 is 2.27 bits per heavy atom. The van der Waals surface area contributed by atoms with Crippen LogP contribution in [-0.4, -0.2) is 43.9 Å². The quantitative estimate of drug-likeness (QED) is 0.233. The van der Waals surface area contributed by atoms with Crippen molar-refractivity contribution < 1.29 is 14.9 Å². The van der Waals surface area contributed by atoms with E-state index in [0.29, 0.717) is 49.4 Å². The van der Waals surface area contributed by atoms with Crippen molar-refractivity contribution in [3.05, 3.63) is 89.2 Å². The Balaban J connectivity index is 1.50. The number of aromatic nitrogens is 2. The third-order valence-electron chi connectivity index (χ3n) is 8.12. The van der Waals surface area contributed by atoms with E-state index in [-0.39, 0.29) is 6.10 Å². The smallest absolute Gasteiger partial charge is 0.154 e. The Bertz CT molecular complexity index is 1520. The third-order valence-corrected chi connectivity index (χ3v) is 8.12. The first kappa shape index (κ1) is 28.6. The summed E-state index contributed by atoms with van der Waals surface area (Å²) in [4.78, 5) is 6.98. The number of piperidine rings is 1. The minimum absolute atomic E-state index is 0.130. The standard InChI is InChI=1S/C33H39N5O3/c1-5-26-27(36-31(39)23-12-8-6-9-13-23)20-25-29(41-22(2)3)28(37(4)30(25)35-26)32(40)38-18-16-33(21-34,17-19-38)24-14-10-7-11-15-24/h6-15,20,22,31-32,36,39-40H,5,16-19H2,1-4H3. The van der Waals surface area contributed by atoms with E-state index >= 15 is 0 Å². The molecule has 3 N–H and O–H groups in total. The molecule has 1 saturated heterocycles. The van der Waals surface area contributed by atoms with Gasteiger partial charge in [0, 0.05) is 25.7 Å². The number of hydrogen-bond donors (Lipinski definition) is 3. The predicted molar refractivity (Wildman–Crippen MR) is 160 cm³/mol. The maximum absolute atomic E-state index is 11.8. The number of fused-ring (bicyclic) bond motifs is 1. The number of nitriles is 1. The number of likely N-dealkylation sites (tertiary alicyclic amines) is 1. The fraction of sp³-hybridized carbons (Fsp3) is 0.394. The largest absolute Gasteiger partial charge is 0.488 e. The molecule has 0 radical (unpaired) electrons. The molecule has 8 nitrogen and oxygen atoms in total. The van der Waals surface area contributed by atoms with Crippen LogP contribution in [0, 0.1) is 11.3 Å². The highest BCUT2D eigenvalue weighted by molar-refractivity contribution is 5.89. The molecule has 0 spiro atoms. The molecule has 0 saturated carbocycles. The van der Waals surface area contributed by atoms with Gasteiger partial charge in [0.1, 0.15) is 11.3 Å². The van der Waals surface area contributed by atoms with E-state index < -0.39 is 17.9 Å². The third kappa shape index (κ3) is 5.53. The van der Waals surface area contributed by atoms with Gasteiger partial charge in [0.05, 0.1) is 34.4 Å². The van der Waals surface area contributed by atoms with Crippen LogP contribution in [0.4, 0.5) is 5.69 Å². The summed E-state index contributed by atoms with van der Waals surface area (Å²) in [5.41, 5.74) is 4.09. The van der Waals surface area contributed by atoms with Gasteiger partial charge in [-0.2, -0.15) is 5.26 Å². The van der Waals surface area contributed by atoms with Crippen LogP contribution in [-0.2, 0) is 18.9 Å². The van der Waals surface area contributed by atoms with Crippen LogP contribution in [0.15, 0.2) is 66.7 Å². The van der Waals surface area contributed by atoms with Crippen molar-refractivity contribution in [1.29, 1.82) is 5.26 Å². The topological polar surface area (TPSA) is 107 Å². The van der Waals surface area contributed by atoms with Gasteiger partial charge in [-0.05, 0) is 44.7 Å². The zero-order valence-electron chi connectivity index (χ0n) is 24.2. The number of rotatable bonds is 9. The summed E-state index contributed by atoms with van der Waals surface area (Å²) in [5.74, 6) is 0.581. The second-order valence-corrected chi connectivity index (χ2v) is 11.1. The van der Waals surface area contributed by atoms with E-state index in [0.717, 1.165) is 27.9 Å². The van der Waals surface area contributed by atoms with Crippen LogP contribution in [0.3, 0.4) is 0 Å². The number of benzene rings is 2. The second kappa shape index (κ2) is 11.9. The molecule has 0 amide bonds. The van der Waals surface area contributed by atoms with Crippen molar-refractivity contribution in [2.75, 3.05) is 18.4 Å². The maximum atomic E-state index is 11.8. The Kier molecular flexibility index (Phi) is 8.32. The lowest BCUT2D eigenvalue weighted by molar-refractivity contribution is -0.0250. The minimum atomic E-state index is -0.938. The van der Waals surface area contributed by atoms with Crippen LogP contribution >= 0.6 is 0 Å². The molecule has 214 valence electrons. The molecule has 2 unspecified atom stereocenters. The van der Waals surface area contributed by atoms with E-state index in [1.807, 2.05) is 104 Å². The second-order valence-electron chi connectivity index (χ2n) is 11.1. The Labute approximate surface area is 241 Å². The molecule has 2 aromatic heterocycles. The lowest BCUT2D eigenvalue weighted by Gasteiger charge is -2.39. The Hall–Kier alpha value is -3.90. The van der Waals surface area contributed by atoms with E-state index in [9.17, 15) is 15.5 Å². The van der Waals surface area contributed by atoms with E-state index in [2.05, 4.69) is 11.4 Å². The van der Waals surface area contributed by atoms with Crippen molar-refractivity contribution in [1.82, 2.24) is 14.5 Å². The van der Waals surface area contributed by atoms with Gasteiger partial charge in [-0.3, -0.25) is 4.90 Å². The molecule has 5 rings (SSSR count). The number of aliphatic hydroxyl groups is 2. The van der Waals surface area contributed by atoms with Crippen molar-refractivity contribution in [2.24, 2.45) is 7.05 Å². The lowest BCUT2D eigenvalue weighted by Crippen LogP contribution is -2.43. The van der Waals surface area contributed by atoms with Gasteiger partial charge in [0.15, 0.2) is 18.2 Å². The molecular formula is C33H39N5O3. The molecule has 2 aromatic carbocycles. The fourth-order valence-corrected chi connectivity index (χ4v) is 5.82. The highest BCUT2D eigenvalue weighted by atomic mass is 16.5. The summed E-state index contributed by atoms with van der Waals surface area (Å²) in [7, 11) is 1.90. The van der Waals surface area contributed by atoms with Gasteiger partial charge < -0.3 is 24.8 Å². The molecule has 1 aliphatic rings. The predicted octanol–water partition coefficient (Wildman–Crippen LogP) is 5.57. The van der Waals surface area contributed by atoms with Gasteiger partial charge >= 0.3 is 0 Å². The summed E-state index contributed by atoms with van der Waals surface area (Å²) in [6.45, 7) is 7.08. The van der Waals surface area contributed by atoms with Crippen molar-refractivity contribution in [3.63, 3.8) is 0 Å². The number of hydrogen-bond acceptors (Lipinski definition) is 7. The van der Waals surface area contributed by atoms with E-state index in [4.69, 9.17) is 9.72 Å². The van der Waals surface area contributed by atoms with Gasteiger partial charge in [-0.15, -0.1) is 0 Å². The molecule has 8 heteroatoms. The van der Waals surface area contributed by atoms with Crippen LogP contribution in [0.2, 0.25) is 0 Å². The van der Waals surface area contributed by atoms with Crippen molar-refractivity contribution >= 4 is 16.7 Å². The fourth-order valence-electron chi connectivity index (χ4n) is 5.82. The maximum Gasteiger partial charge on any atom is 0.154 e. The molecule has 41 heavy (non-hydrogen) atoms. The van der Waals surface area contributed by atoms with Crippen LogP contribution in [0.25, 0.3) is 11.0 Å². The monoisotopic (exact) mass is 553 g/mol. The summed E-state index contributed by atoms with van der Waals surface area (Å²) >= 11 is 0. The molecule has 2 atom stereocenters. The first-order valence-electron chi connectivity index (χ1n) is 14.3. The summed E-state index contributed by atoms with van der Waals surface area (Å²) in [6, 6.07) is 23.9. The van der Waals surface area contributed by atoms with Crippen molar-refractivity contribution in [3.8, 4) is 11.8 Å². The van der Waals surface area contributed by atoms with E-state index in [1.165, 1.54) is 0 Å². The number of aliphatic hydroxyl groups excluding tert-OH is 2. The Morgan fingerprint density at radius 2 is 1.68 bits per heavy atom. The number of anilines is 1. The van der Waals surface area contributed by atoms with E-state index in [1.54, 1.807) is 0 Å². The lowest BCUT2D eigenvalue weighted by atomic mass is 9.74. The average molecular weight is 554 g/mol. The van der Waals surface area contributed by atoms with Crippen LogP contribution in [0.1, 0.15) is 68.6 Å². The van der Waals surface area contributed by atoms with Crippen molar-refractivity contribution in [2.45, 2.75) is 64.0 Å². The average Bonchev–Trinajstić information content (AvgIpc) is 3.26. The molecule has 4 aromatic rings. The normalized spacial score (nSPS) is 16.8. The summed E-state index contributed by atoms with van der Waals surface area (Å²) in [5, 5.41) is 36.8. The van der Waals surface area contributed by atoms with Crippen LogP contribution < -0.4 is 10.1 Å².